The van der Waals surface area contributed by atoms with Crippen molar-refractivity contribution in [3.63, 3.8) is 0 Å². The molecule has 0 aliphatic carbocycles. The van der Waals surface area contributed by atoms with E-state index >= 15 is 0 Å². The second-order valence-corrected chi connectivity index (χ2v) is 8.68. The largest absolute Gasteiger partial charge is 0.320 e. The molecule has 0 spiro atoms. The summed E-state index contributed by atoms with van der Waals surface area (Å²) in [5, 5.41) is 2.41. The number of alkyl halides is 2. The summed E-state index contributed by atoms with van der Waals surface area (Å²) in [6.45, 7) is 0.990. The molecule has 0 aromatic carbocycles. The highest BCUT2D eigenvalue weighted by atomic mass is 35.5. The number of rotatable bonds is 4. The fourth-order valence-electron chi connectivity index (χ4n) is 3.04. The van der Waals surface area contributed by atoms with Crippen molar-refractivity contribution in [2.75, 3.05) is 25.5 Å². The third-order valence-corrected chi connectivity index (χ3v) is 6.03. The van der Waals surface area contributed by atoms with E-state index in [0.717, 1.165) is 49.5 Å². The highest BCUT2D eigenvalue weighted by Gasteiger charge is 2.17. The lowest BCUT2D eigenvalue weighted by Gasteiger charge is -2.25. The van der Waals surface area contributed by atoms with Crippen molar-refractivity contribution < 1.29 is 18.0 Å². The average molecular weight is 458 g/mol. The van der Waals surface area contributed by atoms with Gasteiger partial charge in [-0.3, -0.25) is 9.59 Å². The Balaban J connectivity index is 1.73. The number of anilines is 1. The zero-order valence-corrected chi connectivity index (χ0v) is 17.6. The van der Waals surface area contributed by atoms with E-state index in [1.165, 1.54) is 6.07 Å². The molecule has 1 aliphatic rings. The van der Waals surface area contributed by atoms with Crippen LogP contribution in [0.25, 0.3) is 0 Å². The zero-order valence-electron chi connectivity index (χ0n) is 16.1. The van der Waals surface area contributed by atoms with Crippen molar-refractivity contribution in [2.24, 2.45) is 5.92 Å². The molecule has 0 saturated carbocycles. The van der Waals surface area contributed by atoms with Gasteiger partial charge in [-0.15, -0.1) is 11.3 Å². The molecule has 0 bridgehead atoms. The van der Waals surface area contributed by atoms with E-state index in [2.05, 4.69) is 29.1 Å². The maximum absolute atomic E-state index is 13.7. The average Bonchev–Trinajstić information content (AvgIpc) is 3.06. The van der Waals surface area contributed by atoms with Crippen molar-refractivity contribution in [2.45, 2.75) is 25.8 Å². The van der Waals surface area contributed by atoms with Crippen LogP contribution >= 0.6 is 22.9 Å². The van der Waals surface area contributed by atoms with Gasteiger partial charge in [-0.05, 0) is 39.0 Å². The predicted octanol–water partition coefficient (Wildman–Crippen LogP) is 3.91. The molecule has 5 nitrogen and oxygen atoms in total. The Kier molecular flexibility index (Phi) is 7.23. The van der Waals surface area contributed by atoms with Crippen molar-refractivity contribution in [3.8, 4) is 11.8 Å². The number of halogens is 4. The highest BCUT2D eigenvalue weighted by molar-refractivity contribution is 7.18. The van der Waals surface area contributed by atoms with Gasteiger partial charge in [0.25, 0.3) is 17.9 Å². The monoisotopic (exact) mass is 457 g/mol. The summed E-state index contributed by atoms with van der Waals surface area (Å²) in [6.07, 6.45) is 0.0810. The number of carbonyl (C=O) groups excluding carboxylic acids is 1. The van der Waals surface area contributed by atoms with Gasteiger partial charge in [-0.25, -0.2) is 13.2 Å². The van der Waals surface area contributed by atoms with Crippen molar-refractivity contribution >= 4 is 34.5 Å². The van der Waals surface area contributed by atoms with Crippen molar-refractivity contribution in [1.82, 2.24) is 9.47 Å². The Bertz CT molecular complexity index is 1050. The van der Waals surface area contributed by atoms with Gasteiger partial charge in [0.15, 0.2) is 5.82 Å². The van der Waals surface area contributed by atoms with Gasteiger partial charge in [0.1, 0.15) is 4.34 Å². The van der Waals surface area contributed by atoms with E-state index in [4.69, 9.17) is 11.6 Å². The highest BCUT2D eigenvalue weighted by Crippen LogP contribution is 2.28. The van der Waals surface area contributed by atoms with Crippen LogP contribution in [0.4, 0.5) is 18.9 Å². The molecular weight excluding hydrogens is 439 g/mol. The number of aromatic nitrogens is 1. The summed E-state index contributed by atoms with van der Waals surface area (Å²) < 4.78 is 39.8. The molecule has 0 radical (unpaired) electrons. The molecule has 160 valence electrons. The van der Waals surface area contributed by atoms with E-state index in [1.807, 2.05) is 0 Å². The molecule has 0 unspecified atom stereocenters. The maximum Gasteiger partial charge on any atom is 0.286 e. The van der Waals surface area contributed by atoms with Crippen LogP contribution in [-0.2, 0) is 6.54 Å². The smallest absolute Gasteiger partial charge is 0.286 e. The number of pyridine rings is 1. The van der Waals surface area contributed by atoms with Gasteiger partial charge in [0, 0.05) is 18.2 Å². The standard InChI is InChI=1S/C20H19ClF3N3O2S/c1-26-6-4-12(5-7-26)2-3-13-8-16(30-18(13)21)19(28)25-14-9-15(22)20(29)27(10-14)11-17(23)24/h8-10,12,17H,4-7,11H2,1H3,(H,25,28). The molecule has 1 saturated heterocycles. The first kappa shape index (κ1) is 22.4. The number of nitrogens with zero attached hydrogens (tertiary/aromatic N) is 2. The van der Waals surface area contributed by atoms with E-state index in [9.17, 15) is 22.8 Å². The summed E-state index contributed by atoms with van der Waals surface area (Å²) in [5.74, 6) is 4.66. The molecule has 1 fully saturated rings. The molecule has 1 N–H and O–H groups in total. The summed E-state index contributed by atoms with van der Waals surface area (Å²) in [6, 6.07) is 2.33. The molecular formula is C20H19ClF3N3O2S. The molecule has 3 rings (SSSR count). The summed E-state index contributed by atoms with van der Waals surface area (Å²) in [4.78, 5) is 26.5. The molecule has 0 atom stereocenters. The van der Waals surface area contributed by atoms with Gasteiger partial charge >= 0.3 is 0 Å². The molecule has 2 aromatic heterocycles. The minimum absolute atomic E-state index is 0.110. The zero-order chi connectivity index (χ0) is 21.8. The number of piperidine rings is 1. The van der Waals surface area contributed by atoms with E-state index < -0.39 is 30.3 Å². The lowest BCUT2D eigenvalue weighted by molar-refractivity contribution is 0.103. The Morgan fingerprint density at radius 2 is 2.07 bits per heavy atom. The SMILES string of the molecule is CN1CCC(C#Cc2cc(C(=O)Nc3cc(F)c(=O)n(CC(F)F)c3)sc2Cl)CC1. The van der Waals surface area contributed by atoms with Gasteiger partial charge in [-0.2, -0.15) is 0 Å². The molecule has 30 heavy (non-hydrogen) atoms. The van der Waals surface area contributed by atoms with Gasteiger partial charge < -0.3 is 14.8 Å². The Morgan fingerprint density at radius 1 is 1.37 bits per heavy atom. The minimum Gasteiger partial charge on any atom is -0.320 e. The lowest BCUT2D eigenvalue weighted by Crippen LogP contribution is -2.29. The van der Waals surface area contributed by atoms with Crippen LogP contribution in [-0.4, -0.2) is 41.9 Å². The number of nitrogens with one attached hydrogen (secondary N) is 1. The fourth-order valence-corrected chi connectivity index (χ4v) is 4.13. The number of hydrogen-bond donors (Lipinski definition) is 1. The van der Waals surface area contributed by atoms with Crippen molar-refractivity contribution in [1.29, 1.82) is 0 Å². The fraction of sp³-hybridized carbons (Fsp3) is 0.400. The Hall–Kier alpha value is -2.28. The second-order valence-electron chi connectivity index (χ2n) is 7.02. The van der Waals surface area contributed by atoms with Crippen LogP contribution in [0.15, 0.2) is 23.1 Å². The molecule has 3 heterocycles. The van der Waals surface area contributed by atoms with Crippen LogP contribution in [0.3, 0.4) is 0 Å². The van der Waals surface area contributed by atoms with Crippen LogP contribution in [0, 0.1) is 23.6 Å². The second kappa shape index (κ2) is 9.69. The number of amides is 1. The molecule has 1 amide bonds. The molecule has 10 heteroatoms. The van der Waals surface area contributed by atoms with Gasteiger partial charge in [-0.1, -0.05) is 23.4 Å². The molecule has 1 aliphatic heterocycles. The lowest BCUT2D eigenvalue weighted by atomic mass is 9.97. The topological polar surface area (TPSA) is 54.3 Å². The Morgan fingerprint density at radius 3 is 2.73 bits per heavy atom. The number of hydrogen-bond acceptors (Lipinski definition) is 4. The van der Waals surface area contributed by atoms with Crippen LogP contribution in [0.1, 0.15) is 28.1 Å². The predicted molar refractivity (Wildman–Crippen MR) is 111 cm³/mol. The number of carbonyl (C=O) groups is 1. The minimum atomic E-state index is -2.84. The summed E-state index contributed by atoms with van der Waals surface area (Å²) in [5.41, 5.74) is -0.764. The van der Waals surface area contributed by atoms with Gasteiger partial charge in [0.05, 0.1) is 22.7 Å². The van der Waals surface area contributed by atoms with E-state index in [1.54, 1.807) is 0 Å². The van der Waals surface area contributed by atoms with Gasteiger partial charge in [0.2, 0.25) is 0 Å². The number of thiophene rings is 1. The first-order chi connectivity index (χ1) is 14.2. The molecule has 2 aromatic rings. The summed E-state index contributed by atoms with van der Waals surface area (Å²) in [7, 11) is 2.07. The Labute approximate surface area is 180 Å². The third-order valence-electron chi connectivity index (χ3n) is 4.67. The van der Waals surface area contributed by atoms with Crippen molar-refractivity contribution in [3.05, 3.63) is 49.3 Å². The van der Waals surface area contributed by atoms with Crippen LogP contribution in [0.5, 0.6) is 0 Å². The van der Waals surface area contributed by atoms with E-state index in [-0.39, 0.29) is 16.5 Å². The van der Waals surface area contributed by atoms with Crippen LogP contribution in [0.2, 0.25) is 4.34 Å². The maximum atomic E-state index is 13.7. The first-order valence-electron chi connectivity index (χ1n) is 9.22. The number of likely N-dealkylation sites (tertiary alicyclic amines) is 1. The van der Waals surface area contributed by atoms with E-state index in [0.29, 0.717) is 14.5 Å². The quantitative estimate of drug-likeness (QED) is 0.708. The summed E-state index contributed by atoms with van der Waals surface area (Å²) >= 11 is 7.21. The normalized spacial score (nSPS) is 15.1. The van der Waals surface area contributed by atoms with Crippen LogP contribution < -0.4 is 10.9 Å². The third kappa shape index (κ3) is 5.65. The first-order valence-corrected chi connectivity index (χ1v) is 10.4.